The molecule has 19 heteroatoms. The Balaban J connectivity index is 1.49. The lowest BCUT2D eigenvalue weighted by Gasteiger charge is -2.14. The maximum absolute atomic E-state index is 14.9. The van der Waals surface area contributed by atoms with E-state index in [1.165, 1.54) is 6.07 Å². The summed E-state index contributed by atoms with van der Waals surface area (Å²) in [5.41, 5.74) is -4.20. The van der Waals surface area contributed by atoms with E-state index in [2.05, 4.69) is 10.1 Å². The summed E-state index contributed by atoms with van der Waals surface area (Å²) in [7, 11) is 0. The minimum Gasteiger partial charge on any atom is -0.326 e. The van der Waals surface area contributed by atoms with Crippen LogP contribution in [0.1, 0.15) is 27.4 Å². The molecule has 4 rings (SSSR count). The second-order valence-electron chi connectivity index (χ2n) is 9.57. The fraction of sp³-hybridized carbons (Fsp3) is 0.222. The van der Waals surface area contributed by atoms with Crippen LogP contribution in [0.25, 0.3) is 0 Å². The first kappa shape index (κ1) is 35.1. The zero-order chi connectivity index (χ0) is 34.4. The Morgan fingerprint density at radius 1 is 0.848 bits per heavy atom. The number of nitrogens with one attached hydrogen (secondary N) is 3. The summed E-state index contributed by atoms with van der Waals surface area (Å²) in [6, 6.07) is 6.72. The van der Waals surface area contributed by atoms with Crippen molar-refractivity contribution in [2.75, 3.05) is 22.6 Å². The van der Waals surface area contributed by atoms with E-state index in [-0.39, 0.29) is 16.3 Å². The van der Waals surface area contributed by atoms with Crippen LogP contribution in [0.4, 0.5) is 56.6 Å². The highest BCUT2D eigenvalue weighted by atomic mass is 35.5. The third-order valence-corrected chi connectivity index (χ3v) is 7.71. The number of carbonyl (C=O) groups is 3. The zero-order valence-corrected chi connectivity index (χ0v) is 24.4. The first-order chi connectivity index (χ1) is 21.2. The lowest BCUT2D eigenvalue weighted by molar-refractivity contribution is -0.320. The Bertz CT molecular complexity index is 1720. The molecule has 0 heterocycles. The summed E-state index contributed by atoms with van der Waals surface area (Å²) < 4.78 is 120. The molecule has 3 amide bonds. The highest BCUT2D eigenvalue weighted by molar-refractivity contribution is 6.53. The fourth-order valence-corrected chi connectivity index (χ4v) is 5.33. The summed E-state index contributed by atoms with van der Waals surface area (Å²) in [6.07, 6.45) is -10.2. The van der Waals surface area contributed by atoms with Crippen LogP contribution < -0.4 is 16.0 Å². The number of anilines is 3. The Morgan fingerprint density at radius 3 is 2.13 bits per heavy atom. The van der Waals surface area contributed by atoms with Gasteiger partial charge in [0.25, 0.3) is 11.8 Å². The maximum Gasteiger partial charge on any atom is 0.523 e. The number of ether oxygens (including phenoxy) is 1. The van der Waals surface area contributed by atoms with Crippen molar-refractivity contribution in [3.63, 3.8) is 0 Å². The van der Waals surface area contributed by atoms with E-state index in [1.807, 2.05) is 5.32 Å². The molecule has 0 bridgehead atoms. The van der Waals surface area contributed by atoms with E-state index in [0.29, 0.717) is 18.2 Å². The molecule has 0 spiro atoms. The maximum atomic E-state index is 14.9. The highest BCUT2D eigenvalue weighted by Crippen LogP contribution is 2.65. The van der Waals surface area contributed by atoms with Crippen LogP contribution in [0, 0.1) is 23.4 Å². The summed E-state index contributed by atoms with van der Waals surface area (Å²) in [5, 5.41) is 5.73. The van der Waals surface area contributed by atoms with Crippen LogP contribution in [0.3, 0.4) is 0 Å². The van der Waals surface area contributed by atoms with Crippen molar-refractivity contribution in [2.45, 2.75) is 22.8 Å². The van der Waals surface area contributed by atoms with Gasteiger partial charge in [0.05, 0.1) is 27.8 Å². The van der Waals surface area contributed by atoms with Gasteiger partial charge in [0, 0.05) is 11.6 Å². The highest BCUT2D eigenvalue weighted by Gasteiger charge is 2.67. The minimum absolute atomic E-state index is 0.110. The predicted octanol–water partition coefficient (Wildman–Crippen LogP) is 8.03. The van der Waals surface area contributed by atoms with Gasteiger partial charge in [-0.1, -0.05) is 17.7 Å². The largest absolute Gasteiger partial charge is 0.523 e. The lowest BCUT2D eigenvalue weighted by atomic mass is 10.0. The van der Waals surface area contributed by atoms with Gasteiger partial charge in [-0.2, -0.15) is 13.2 Å². The minimum atomic E-state index is -5.20. The van der Waals surface area contributed by atoms with E-state index in [0.717, 1.165) is 24.3 Å². The van der Waals surface area contributed by atoms with Gasteiger partial charge in [-0.3, -0.25) is 19.1 Å². The average Bonchev–Trinajstić information content (AvgIpc) is 3.53. The van der Waals surface area contributed by atoms with Gasteiger partial charge in [0.15, 0.2) is 5.82 Å². The van der Waals surface area contributed by atoms with Crippen molar-refractivity contribution in [1.82, 2.24) is 0 Å². The molecule has 0 aliphatic heterocycles. The summed E-state index contributed by atoms with van der Waals surface area (Å²) in [4.78, 5) is 37.6. The summed E-state index contributed by atoms with van der Waals surface area (Å²) >= 11 is 18.4. The van der Waals surface area contributed by atoms with Crippen molar-refractivity contribution in [1.29, 1.82) is 0 Å². The third-order valence-electron chi connectivity index (χ3n) is 6.44. The normalized spacial score (nSPS) is 17.3. The van der Waals surface area contributed by atoms with E-state index in [1.54, 1.807) is 5.32 Å². The molecule has 1 aliphatic rings. The number of hydrogen-bond acceptors (Lipinski definition) is 4. The molecular formula is C27H15Cl3F9N3O4. The van der Waals surface area contributed by atoms with Crippen molar-refractivity contribution < 1.29 is 58.6 Å². The number of hydrogen-bond donors (Lipinski definition) is 3. The first-order valence-electron chi connectivity index (χ1n) is 12.4. The molecular weight excluding hydrogens is 708 g/mol. The number of alkyl halides is 8. The molecule has 2 atom stereocenters. The van der Waals surface area contributed by atoms with Crippen molar-refractivity contribution >= 4 is 69.6 Å². The van der Waals surface area contributed by atoms with Crippen molar-refractivity contribution in [2.24, 2.45) is 5.92 Å². The molecule has 1 unspecified atom stereocenters. The Kier molecular flexibility index (Phi) is 9.79. The van der Waals surface area contributed by atoms with E-state index < -0.39 is 93.0 Å². The number of benzene rings is 3. The Morgan fingerprint density at radius 2 is 1.50 bits per heavy atom. The molecule has 46 heavy (non-hydrogen) atoms. The van der Waals surface area contributed by atoms with Crippen LogP contribution in [0.5, 0.6) is 0 Å². The lowest BCUT2D eigenvalue weighted by Crippen LogP contribution is -2.25. The third kappa shape index (κ3) is 7.79. The number of halogens is 12. The molecule has 246 valence electrons. The Labute approximate surface area is 266 Å². The molecule has 0 radical (unpaired) electrons. The summed E-state index contributed by atoms with van der Waals surface area (Å²) in [5.74, 6) is -10.6. The van der Waals surface area contributed by atoms with Gasteiger partial charge < -0.3 is 16.0 Å². The molecule has 3 N–H and O–H groups in total. The van der Waals surface area contributed by atoms with Crippen molar-refractivity contribution in [3.8, 4) is 0 Å². The van der Waals surface area contributed by atoms with Gasteiger partial charge in [-0.25, -0.2) is 13.2 Å². The van der Waals surface area contributed by atoms with Crippen molar-refractivity contribution in [3.05, 3.63) is 87.7 Å². The predicted molar refractivity (Wildman–Crippen MR) is 147 cm³/mol. The molecule has 0 saturated heterocycles. The number of amides is 3. The van der Waals surface area contributed by atoms with Gasteiger partial charge in [-0.05, 0) is 48.0 Å². The van der Waals surface area contributed by atoms with Crippen LogP contribution in [-0.4, -0.2) is 35.0 Å². The standard InChI is InChI=1S/C27H15Cl3F9N3O4/c28-14-3-2-11(40-24(45)20-19(25(20,29)30)10-1-4-15(31)13(7-10)26(34,35)36)8-12(14)23(44)41-17-6-5-16(32)22(21(17)33)42-18(43)9-46-27(37,38)39/h1-8,19-20H,9H2,(H,40,45)(H,41,44)(H,42,43)/t19-,20?/m0/s1. The van der Waals surface area contributed by atoms with Gasteiger partial charge in [-0.15, -0.1) is 36.4 Å². The van der Waals surface area contributed by atoms with E-state index in [9.17, 15) is 53.9 Å². The summed E-state index contributed by atoms with van der Waals surface area (Å²) in [6.45, 7) is -1.62. The molecule has 3 aromatic rings. The van der Waals surface area contributed by atoms with Gasteiger partial charge in [0.1, 0.15) is 28.3 Å². The second-order valence-corrected chi connectivity index (χ2v) is 11.4. The zero-order valence-electron chi connectivity index (χ0n) is 22.1. The molecule has 1 saturated carbocycles. The smallest absolute Gasteiger partial charge is 0.326 e. The van der Waals surface area contributed by atoms with Gasteiger partial charge in [0.2, 0.25) is 5.91 Å². The van der Waals surface area contributed by atoms with E-state index in [4.69, 9.17) is 34.8 Å². The molecule has 3 aromatic carbocycles. The van der Waals surface area contributed by atoms with Crippen LogP contribution in [0.2, 0.25) is 5.02 Å². The van der Waals surface area contributed by atoms with Crippen LogP contribution in [0.15, 0.2) is 48.5 Å². The van der Waals surface area contributed by atoms with E-state index >= 15 is 0 Å². The first-order valence-corrected chi connectivity index (χ1v) is 13.5. The number of rotatable bonds is 8. The number of carbonyl (C=O) groups excluding carboxylic acids is 3. The quantitative estimate of drug-likeness (QED) is 0.162. The molecule has 1 aliphatic carbocycles. The fourth-order valence-electron chi connectivity index (χ4n) is 4.29. The van der Waals surface area contributed by atoms with Crippen LogP contribution in [-0.2, 0) is 20.5 Å². The Hall–Kier alpha value is -3.73. The molecule has 7 nitrogen and oxygen atoms in total. The average molecular weight is 723 g/mol. The topological polar surface area (TPSA) is 96.5 Å². The molecule has 1 fully saturated rings. The second kappa shape index (κ2) is 12.8. The molecule has 0 aromatic heterocycles. The van der Waals surface area contributed by atoms with Crippen LogP contribution >= 0.6 is 34.8 Å². The SMILES string of the molecule is O=C(COC(F)(F)F)Nc1c(F)ccc(NC(=O)c2cc(NC(=O)C3[C@H](c4ccc(F)c(C(F)(F)F)c4)C3(Cl)Cl)ccc2Cl)c1F. The van der Waals surface area contributed by atoms with Gasteiger partial charge >= 0.3 is 12.5 Å². The monoisotopic (exact) mass is 721 g/mol.